The lowest BCUT2D eigenvalue weighted by molar-refractivity contribution is -0.139. The third-order valence-electron chi connectivity index (χ3n) is 3.47. The lowest BCUT2D eigenvalue weighted by atomic mass is 10.1. The highest BCUT2D eigenvalue weighted by atomic mass is 79.9. The average Bonchev–Trinajstić information content (AvgIpc) is 3.08. The van der Waals surface area contributed by atoms with Crippen molar-refractivity contribution in [2.24, 2.45) is 0 Å². The van der Waals surface area contributed by atoms with E-state index in [1.807, 2.05) is 55.5 Å². The van der Waals surface area contributed by atoms with E-state index in [1.165, 1.54) is 6.08 Å². The van der Waals surface area contributed by atoms with Crippen molar-refractivity contribution in [3.8, 4) is 11.4 Å². The fraction of sp³-hybridized carbons (Fsp3) is 0.105. The van der Waals surface area contributed by atoms with Crippen LogP contribution in [-0.2, 0) is 16.1 Å². The molecule has 0 fully saturated rings. The van der Waals surface area contributed by atoms with Crippen LogP contribution in [0, 0.1) is 6.92 Å². The van der Waals surface area contributed by atoms with Crippen LogP contribution in [0.15, 0.2) is 63.6 Å². The largest absolute Gasteiger partial charge is 0.452 e. The molecule has 126 valence electrons. The van der Waals surface area contributed by atoms with E-state index in [-0.39, 0.29) is 12.5 Å². The number of carbonyl (C=O) groups is 1. The second-order valence-corrected chi connectivity index (χ2v) is 6.23. The maximum absolute atomic E-state index is 11.8. The molecule has 0 amide bonds. The second-order valence-electron chi connectivity index (χ2n) is 5.32. The van der Waals surface area contributed by atoms with Gasteiger partial charge in [-0.3, -0.25) is 0 Å². The molecule has 1 heterocycles. The predicted molar refractivity (Wildman–Crippen MR) is 97.4 cm³/mol. The molecule has 0 spiro atoms. The fourth-order valence-corrected chi connectivity index (χ4v) is 2.43. The first-order valence-electron chi connectivity index (χ1n) is 7.61. The normalized spacial score (nSPS) is 11.0. The molecule has 0 radical (unpaired) electrons. The molecule has 0 atom stereocenters. The maximum atomic E-state index is 11.8. The summed E-state index contributed by atoms with van der Waals surface area (Å²) in [5.74, 6) is 0.261. The molecule has 3 rings (SSSR count). The number of ether oxygens (including phenoxy) is 1. The lowest BCUT2D eigenvalue weighted by Gasteiger charge is -1.98. The fourth-order valence-electron chi connectivity index (χ4n) is 2.17. The molecule has 0 aliphatic carbocycles. The number of aryl methyl sites for hydroxylation is 1. The van der Waals surface area contributed by atoms with Crippen LogP contribution in [0.4, 0.5) is 0 Å². The van der Waals surface area contributed by atoms with E-state index in [9.17, 15) is 4.79 Å². The minimum absolute atomic E-state index is 0.0671. The van der Waals surface area contributed by atoms with Crippen molar-refractivity contribution in [3.63, 3.8) is 0 Å². The van der Waals surface area contributed by atoms with Gasteiger partial charge in [0.1, 0.15) is 0 Å². The minimum atomic E-state index is -0.474. The molecule has 5 nitrogen and oxygen atoms in total. The first kappa shape index (κ1) is 17.1. The first-order chi connectivity index (χ1) is 12.1. The molecule has 0 N–H and O–H groups in total. The summed E-state index contributed by atoms with van der Waals surface area (Å²) in [7, 11) is 0. The molecule has 1 aromatic heterocycles. The zero-order valence-electron chi connectivity index (χ0n) is 13.5. The standard InChI is InChI=1S/C19H15BrN2O3/c1-13-4-2-3-5-16(13)19-21-17(25-22-19)12-24-18(23)11-8-14-6-9-15(20)10-7-14/h2-11H,12H2,1H3/b11-8+. The highest BCUT2D eigenvalue weighted by Gasteiger charge is 2.11. The van der Waals surface area contributed by atoms with Gasteiger partial charge in [-0.05, 0) is 36.3 Å². The first-order valence-corrected chi connectivity index (χ1v) is 8.40. The van der Waals surface area contributed by atoms with Gasteiger partial charge in [-0.1, -0.05) is 57.5 Å². The van der Waals surface area contributed by atoms with Crippen molar-refractivity contribution in [3.05, 3.63) is 76.1 Å². The highest BCUT2D eigenvalue weighted by molar-refractivity contribution is 9.10. The number of nitrogens with zero attached hydrogens (tertiary/aromatic N) is 2. The number of aromatic nitrogens is 2. The monoisotopic (exact) mass is 398 g/mol. The van der Waals surface area contributed by atoms with Crippen LogP contribution in [0.5, 0.6) is 0 Å². The van der Waals surface area contributed by atoms with Crippen LogP contribution < -0.4 is 0 Å². The SMILES string of the molecule is Cc1ccccc1-c1noc(COC(=O)/C=C/c2ccc(Br)cc2)n1. The lowest BCUT2D eigenvalue weighted by Crippen LogP contribution is -2.01. The van der Waals surface area contributed by atoms with Crippen LogP contribution in [0.1, 0.15) is 17.0 Å². The topological polar surface area (TPSA) is 65.2 Å². The maximum Gasteiger partial charge on any atom is 0.331 e. The zero-order valence-corrected chi connectivity index (χ0v) is 15.1. The number of halogens is 1. The number of hydrogen-bond donors (Lipinski definition) is 0. The van der Waals surface area contributed by atoms with Gasteiger partial charge in [-0.25, -0.2) is 4.79 Å². The van der Waals surface area contributed by atoms with Gasteiger partial charge in [0.05, 0.1) is 0 Å². The Bertz CT molecular complexity index is 901. The van der Waals surface area contributed by atoms with Crippen LogP contribution in [0.3, 0.4) is 0 Å². The van der Waals surface area contributed by atoms with Gasteiger partial charge in [0, 0.05) is 16.1 Å². The summed E-state index contributed by atoms with van der Waals surface area (Å²) in [4.78, 5) is 16.0. The highest BCUT2D eigenvalue weighted by Crippen LogP contribution is 2.20. The van der Waals surface area contributed by atoms with Gasteiger partial charge in [-0.15, -0.1) is 0 Å². The van der Waals surface area contributed by atoms with E-state index in [4.69, 9.17) is 9.26 Å². The van der Waals surface area contributed by atoms with E-state index in [0.717, 1.165) is 21.2 Å². The number of carbonyl (C=O) groups excluding carboxylic acids is 1. The molecule has 0 unspecified atom stereocenters. The van der Waals surface area contributed by atoms with Crippen molar-refractivity contribution >= 4 is 28.0 Å². The summed E-state index contributed by atoms with van der Waals surface area (Å²) in [6.07, 6.45) is 3.04. The van der Waals surface area contributed by atoms with Crippen LogP contribution in [0.25, 0.3) is 17.5 Å². The number of benzene rings is 2. The Kier molecular flexibility index (Phi) is 5.40. The number of esters is 1. The Morgan fingerprint density at radius 3 is 2.72 bits per heavy atom. The summed E-state index contributed by atoms with van der Waals surface area (Å²) >= 11 is 3.36. The quantitative estimate of drug-likeness (QED) is 0.465. The molecule has 0 bridgehead atoms. The summed E-state index contributed by atoms with van der Waals surface area (Å²) in [5, 5.41) is 3.93. The summed E-state index contributed by atoms with van der Waals surface area (Å²) in [6.45, 7) is 1.90. The predicted octanol–water partition coefficient (Wildman–Crippen LogP) is 4.56. The van der Waals surface area contributed by atoms with Crippen molar-refractivity contribution in [2.75, 3.05) is 0 Å². The third-order valence-corrected chi connectivity index (χ3v) is 4.00. The van der Waals surface area contributed by atoms with Crippen LogP contribution in [-0.4, -0.2) is 16.1 Å². The summed E-state index contributed by atoms with van der Waals surface area (Å²) in [6, 6.07) is 15.3. The minimum Gasteiger partial charge on any atom is -0.452 e. The molecule has 0 aliphatic heterocycles. The van der Waals surface area contributed by atoms with Crippen molar-refractivity contribution in [1.29, 1.82) is 0 Å². The molecule has 25 heavy (non-hydrogen) atoms. The molecule has 0 saturated heterocycles. The molecular formula is C19H15BrN2O3. The van der Waals surface area contributed by atoms with Crippen molar-refractivity contribution in [1.82, 2.24) is 10.1 Å². The van der Waals surface area contributed by atoms with Crippen LogP contribution in [0.2, 0.25) is 0 Å². The van der Waals surface area contributed by atoms with Gasteiger partial charge in [-0.2, -0.15) is 4.98 Å². The zero-order chi connectivity index (χ0) is 17.6. The Morgan fingerprint density at radius 1 is 1.20 bits per heavy atom. The Labute approximate surface area is 153 Å². The Hall–Kier alpha value is -2.73. The molecule has 2 aromatic carbocycles. The van der Waals surface area contributed by atoms with E-state index in [1.54, 1.807) is 6.08 Å². The summed E-state index contributed by atoms with van der Waals surface area (Å²) in [5.41, 5.74) is 2.84. The van der Waals surface area contributed by atoms with Gasteiger partial charge in [0.25, 0.3) is 5.89 Å². The molecule has 6 heteroatoms. The van der Waals surface area contributed by atoms with E-state index in [0.29, 0.717) is 5.82 Å². The molecular weight excluding hydrogens is 384 g/mol. The Balaban J connectivity index is 1.58. The van der Waals surface area contributed by atoms with Gasteiger partial charge in [0.15, 0.2) is 6.61 Å². The van der Waals surface area contributed by atoms with E-state index in [2.05, 4.69) is 26.1 Å². The number of rotatable bonds is 5. The van der Waals surface area contributed by atoms with Gasteiger partial charge < -0.3 is 9.26 Å². The van der Waals surface area contributed by atoms with E-state index >= 15 is 0 Å². The average molecular weight is 399 g/mol. The molecule has 0 aliphatic rings. The molecule has 3 aromatic rings. The van der Waals surface area contributed by atoms with Crippen molar-refractivity contribution < 1.29 is 14.1 Å². The smallest absolute Gasteiger partial charge is 0.331 e. The number of hydrogen-bond acceptors (Lipinski definition) is 5. The van der Waals surface area contributed by atoms with E-state index < -0.39 is 5.97 Å². The van der Waals surface area contributed by atoms with Crippen molar-refractivity contribution in [2.45, 2.75) is 13.5 Å². The summed E-state index contributed by atoms with van der Waals surface area (Å²) < 4.78 is 11.2. The van der Waals surface area contributed by atoms with Gasteiger partial charge in [0.2, 0.25) is 5.82 Å². The Morgan fingerprint density at radius 2 is 1.96 bits per heavy atom. The van der Waals surface area contributed by atoms with Crippen LogP contribution >= 0.6 is 15.9 Å². The van der Waals surface area contributed by atoms with Gasteiger partial charge >= 0.3 is 5.97 Å². The molecule has 0 saturated carbocycles. The third kappa shape index (κ3) is 4.64. The second kappa shape index (κ2) is 7.90.